The zero-order valence-electron chi connectivity index (χ0n) is 15.8. The molecular weight excluding hydrogens is 406 g/mol. The molecule has 11 nitrogen and oxygen atoms in total. The van der Waals surface area contributed by atoms with Gasteiger partial charge in [-0.3, -0.25) is 14.9 Å². The first-order chi connectivity index (χ1) is 15.0. The standard InChI is InChI=1S/C20H15N5O6/c26-16-7-3-4-11(19(16)27)10-21-20(28)12-5-1-2-6-13(12)22-14-8-9-15(25(29)30)18-17(14)23-31-24-18/h1-9,22,26-27H,10H2,(H,21,28). The number of benzene rings is 3. The highest BCUT2D eigenvalue weighted by molar-refractivity contribution is 6.02. The Kier molecular flexibility index (Phi) is 5.06. The van der Waals surface area contributed by atoms with Crippen LogP contribution in [-0.4, -0.2) is 31.4 Å². The highest BCUT2D eigenvalue weighted by Crippen LogP contribution is 2.32. The first-order valence-corrected chi connectivity index (χ1v) is 8.99. The average molecular weight is 421 g/mol. The van der Waals surface area contributed by atoms with Crippen molar-refractivity contribution in [1.82, 2.24) is 15.6 Å². The van der Waals surface area contributed by atoms with Gasteiger partial charge in [-0.1, -0.05) is 24.3 Å². The van der Waals surface area contributed by atoms with Gasteiger partial charge in [0.05, 0.1) is 21.9 Å². The van der Waals surface area contributed by atoms with Crippen LogP contribution in [0.15, 0.2) is 59.2 Å². The van der Waals surface area contributed by atoms with Gasteiger partial charge in [-0.25, -0.2) is 4.63 Å². The summed E-state index contributed by atoms with van der Waals surface area (Å²) in [4.78, 5) is 23.3. The van der Waals surface area contributed by atoms with E-state index in [1.807, 2.05) is 0 Å². The Morgan fingerprint density at radius 2 is 1.77 bits per heavy atom. The largest absolute Gasteiger partial charge is 0.504 e. The lowest BCUT2D eigenvalue weighted by Crippen LogP contribution is -2.23. The number of aromatic hydroxyl groups is 2. The second-order valence-corrected chi connectivity index (χ2v) is 6.49. The number of hydrogen-bond acceptors (Lipinski definition) is 9. The summed E-state index contributed by atoms with van der Waals surface area (Å²) in [7, 11) is 0. The Morgan fingerprint density at radius 3 is 2.58 bits per heavy atom. The molecule has 0 spiro atoms. The van der Waals surface area contributed by atoms with Gasteiger partial charge in [-0.05, 0) is 34.6 Å². The molecule has 0 bridgehead atoms. The maximum Gasteiger partial charge on any atom is 0.300 e. The van der Waals surface area contributed by atoms with Crippen molar-refractivity contribution in [3.63, 3.8) is 0 Å². The van der Waals surface area contributed by atoms with Gasteiger partial charge >= 0.3 is 5.69 Å². The Balaban J connectivity index is 1.59. The van der Waals surface area contributed by atoms with E-state index in [0.29, 0.717) is 16.9 Å². The third kappa shape index (κ3) is 3.79. The van der Waals surface area contributed by atoms with E-state index in [-0.39, 0.29) is 40.3 Å². The fourth-order valence-electron chi connectivity index (χ4n) is 3.03. The van der Waals surface area contributed by atoms with Crippen molar-refractivity contribution < 1.29 is 24.6 Å². The molecule has 1 amide bonds. The molecule has 0 saturated heterocycles. The monoisotopic (exact) mass is 421 g/mol. The summed E-state index contributed by atoms with van der Waals surface area (Å²) in [6.07, 6.45) is 0. The average Bonchev–Trinajstić information content (AvgIpc) is 3.25. The normalized spacial score (nSPS) is 10.7. The summed E-state index contributed by atoms with van der Waals surface area (Å²) < 4.78 is 4.65. The van der Waals surface area contributed by atoms with Gasteiger partial charge in [0.2, 0.25) is 5.52 Å². The molecule has 0 unspecified atom stereocenters. The van der Waals surface area contributed by atoms with Crippen LogP contribution in [0.25, 0.3) is 11.0 Å². The van der Waals surface area contributed by atoms with Crippen LogP contribution in [0.5, 0.6) is 11.5 Å². The highest BCUT2D eigenvalue weighted by Gasteiger charge is 2.21. The number of nitrogens with one attached hydrogen (secondary N) is 2. The van der Waals surface area contributed by atoms with E-state index >= 15 is 0 Å². The van der Waals surface area contributed by atoms with Crippen LogP contribution >= 0.6 is 0 Å². The molecule has 0 radical (unpaired) electrons. The van der Waals surface area contributed by atoms with E-state index < -0.39 is 10.8 Å². The molecule has 4 N–H and O–H groups in total. The number of non-ortho nitro benzene ring substituents is 1. The Bertz CT molecular complexity index is 1300. The number of fused-ring (bicyclic) bond motifs is 1. The van der Waals surface area contributed by atoms with Crippen molar-refractivity contribution in [2.24, 2.45) is 0 Å². The van der Waals surface area contributed by atoms with E-state index in [2.05, 4.69) is 25.6 Å². The summed E-state index contributed by atoms with van der Waals surface area (Å²) in [5, 5.41) is 43.6. The van der Waals surface area contributed by atoms with Crippen LogP contribution in [-0.2, 0) is 6.54 Å². The molecule has 0 aliphatic heterocycles. The summed E-state index contributed by atoms with van der Waals surface area (Å²) in [6.45, 7) is -0.0115. The molecule has 3 aromatic carbocycles. The lowest BCUT2D eigenvalue weighted by Gasteiger charge is -2.13. The number of aromatic nitrogens is 2. The first kappa shape index (κ1) is 19.6. The van der Waals surface area contributed by atoms with Crippen molar-refractivity contribution in [3.8, 4) is 11.5 Å². The number of hydrogen-bond donors (Lipinski definition) is 4. The van der Waals surface area contributed by atoms with Gasteiger partial charge in [0.15, 0.2) is 17.0 Å². The van der Waals surface area contributed by atoms with Gasteiger partial charge in [0.1, 0.15) is 0 Å². The number of nitro benzene ring substituents is 1. The number of amides is 1. The van der Waals surface area contributed by atoms with Crippen molar-refractivity contribution in [2.75, 3.05) is 5.32 Å². The number of carbonyl (C=O) groups excluding carboxylic acids is 1. The topological polar surface area (TPSA) is 164 Å². The van der Waals surface area contributed by atoms with E-state index in [1.165, 1.54) is 18.2 Å². The minimum absolute atomic E-state index is 0.0115. The Labute approximate surface area is 174 Å². The lowest BCUT2D eigenvalue weighted by molar-refractivity contribution is -0.383. The number of anilines is 2. The van der Waals surface area contributed by atoms with E-state index in [1.54, 1.807) is 36.4 Å². The number of phenols is 2. The summed E-state index contributed by atoms with van der Waals surface area (Å²) in [5.74, 6) is -1.03. The smallest absolute Gasteiger partial charge is 0.300 e. The van der Waals surface area contributed by atoms with Crippen molar-refractivity contribution in [2.45, 2.75) is 6.54 Å². The minimum Gasteiger partial charge on any atom is -0.504 e. The molecule has 31 heavy (non-hydrogen) atoms. The van der Waals surface area contributed by atoms with Crippen molar-refractivity contribution in [1.29, 1.82) is 0 Å². The number of nitro groups is 1. The van der Waals surface area contributed by atoms with Crippen LogP contribution in [0.3, 0.4) is 0 Å². The van der Waals surface area contributed by atoms with Gasteiger partial charge < -0.3 is 20.8 Å². The maximum absolute atomic E-state index is 12.8. The molecule has 1 aromatic heterocycles. The molecule has 156 valence electrons. The van der Waals surface area contributed by atoms with Gasteiger partial charge in [-0.15, -0.1) is 0 Å². The molecule has 1 heterocycles. The predicted molar refractivity (Wildman–Crippen MR) is 109 cm³/mol. The quantitative estimate of drug-likeness (QED) is 0.208. The summed E-state index contributed by atoms with van der Waals surface area (Å²) in [6, 6.07) is 13.8. The number of carbonyl (C=O) groups is 1. The molecule has 0 aliphatic rings. The highest BCUT2D eigenvalue weighted by atomic mass is 16.6. The Morgan fingerprint density at radius 1 is 1.00 bits per heavy atom. The van der Waals surface area contributed by atoms with Crippen molar-refractivity contribution in [3.05, 3.63) is 75.8 Å². The number of phenolic OH excluding ortho intramolecular Hbond substituents is 2. The second-order valence-electron chi connectivity index (χ2n) is 6.49. The fraction of sp³-hybridized carbons (Fsp3) is 0.0500. The van der Waals surface area contributed by atoms with Crippen LogP contribution in [0, 0.1) is 10.1 Å². The van der Waals surface area contributed by atoms with E-state index in [4.69, 9.17) is 0 Å². The number of rotatable bonds is 6. The lowest BCUT2D eigenvalue weighted by atomic mass is 10.1. The van der Waals surface area contributed by atoms with Crippen LogP contribution in [0.1, 0.15) is 15.9 Å². The van der Waals surface area contributed by atoms with Crippen LogP contribution in [0.4, 0.5) is 17.1 Å². The Hall–Kier alpha value is -4.67. The van der Waals surface area contributed by atoms with Crippen molar-refractivity contribution >= 4 is 34.0 Å². The SMILES string of the molecule is O=C(NCc1cccc(O)c1O)c1ccccc1Nc1ccc([N+](=O)[O-])c2nonc12. The summed E-state index contributed by atoms with van der Waals surface area (Å²) in [5.41, 5.74) is 1.30. The molecule has 0 fully saturated rings. The number of para-hydroxylation sites is 2. The number of nitrogens with zero attached hydrogens (tertiary/aromatic N) is 3. The third-order valence-electron chi connectivity index (χ3n) is 4.57. The maximum atomic E-state index is 12.8. The van der Waals surface area contributed by atoms with Gasteiger partial charge in [0.25, 0.3) is 5.91 Å². The molecule has 0 aliphatic carbocycles. The summed E-state index contributed by atoms with van der Waals surface area (Å²) >= 11 is 0. The van der Waals surface area contributed by atoms with Crippen LogP contribution in [0.2, 0.25) is 0 Å². The van der Waals surface area contributed by atoms with Gasteiger partial charge in [0, 0.05) is 18.2 Å². The second kappa shape index (κ2) is 7.99. The van der Waals surface area contributed by atoms with E-state index in [0.717, 1.165) is 0 Å². The molecule has 4 aromatic rings. The predicted octanol–water partition coefficient (Wildman–Crippen LogP) is 3.22. The first-order valence-electron chi connectivity index (χ1n) is 8.99. The zero-order chi connectivity index (χ0) is 22.0. The van der Waals surface area contributed by atoms with Gasteiger partial charge in [-0.2, -0.15) is 0 Å². The van der Waals surface area contributed by atoms with E-state index in [9.17, 15) is 25.1 Å². The molecule has 4 rings (SSSR count). The zero-order valence-corrected chi connectivity index (χ0v) is 15.8. The molecule has 0 saturated carbocycles. The molecule has 11 heteroatoms. The minimum atomic E-state index is -0.589. The molecular formula is C20H15N5O6. The van der Waals surface area contributed by atoms with Crippen LogP contribution < -0.4 is 10.6 Å². The molecule has 0 atom stereocenters. The fourth-order valence-corrected chi connectivity index (χ4v) is 3.03. The third-order valence-corrected chi connectivity index (χ3v) is 4.57.